The molecule has 1 atom stereocenters. The first-order chi connectivity index (χ1) is 9.65. The highest BCUT2D eigenvalue weighted by molar-refractivity contribution is 5.76. The molecule has 1 aromatic rings. The number of aliphatic carboxylic acids is 1. The molecule has 5 nitrogen and oxygen atoms in total. The summed E-state index contributed by atoms with van der Waals surface area (Å²) in [5.74, 6) is -0.275. The number of carboxylic acid groups (broad SMARTS) is 1. The Hall–Kier alpha value is -1.91. The molecule has 2 rings (SSSR count). The highest BCUT2D eigenvalue weighted by Gasteiger charge is 2.26. The number of likely N-dealkylation sites (tertiary alicyclic amines) is 1. The minimum absolute atomic E-state index is 0.147. The second kappa shape index (κ2) is 7.03. The van der Waals surface area contributed by atoms with E-state index in [1.165, 1.54) is 0 Å². The first-order valence-corrected chi connectivity index (χ1v) is 7.04. The molecule has 1 saturated heterocycles. The molecule has 0 aliphatic carbocycles. The number of nitrogens with zero attached hydrogens (tertiary/aromatic N) is 2. The number of carbonyl (C=O) groups is 2. The quantitative estimate of drug-likeness (QED) is 0.859. The van der Waals surface area contributed by atoms with Crippen LogP contribution in [-0.2, 0) is 16.0 Å². The highest BCUT2D eigenvalue weighted by Crippen LogP contribution is 2.21. The van der Waals surface area contributed by atoms with Crippen molar-refractivity contribution in [2.45, 2.75) is 32.1 Å². The zero-order valence-corrected chi connectivity index (χ0v) is 11.5. The SMILES string of the molecule is O=C(O)CCC1CCN(C(=O)CCc2ccccn2)C1. The third-order valence-corrected chi connectivity index (χ3v) is 3.73. The molecular weight excluding hydrogens is 256 g/mol. The van der Waals surface area contributed by atoms with E-state index >= 15 is 0 Å². The van der Waals surface area contributed by atoms with E-state index in [-0.39, 0.29) is 12.3 Å². The first-order valence-electron chi connectivity index (χ1n) is 7.04. The van der Waals surface area contributed by atoms with Gasteiger partial charge in [-0.3, -0.25) is 14.6 Å². The Morgan fingerprint density at radius 3 is 2.90 bits per heavy atom. The maximum atomic E-state index is 12.1. The Kier molecular flexibility index (Phi) is 5.09. The molecule has 20 heavy (non-hydrogen) atoms. The van der Waals surface area contributed by atoms with Crippen molar-refractivity contribution in [3.63, 3.8) is 0 Å². The van der Waals surface area contributed by atoms with Gasteiger partial charge in [0, 0.05) is 37.8 Å². The number of hydrogen-bond acceptors (Lipinski definition) is 3. The number of rotatable bonds is 6. The molecule has 1 aromatic heterocycles. The lowest BCUT2D eigenvalue weighted by atomic mass is 10.0. The minimum Gasteiger partial charge on any atom is -0.481 e. The summed E-state index contributed by atoms with van der Waals surface area (Å²) in [5.41, 5.74) is 0.933. The van der Waals surface area contributed by atoms with Crippen molar-refractivity contribution in [3.05, 3.63) is 30.1 Å². The van der Waals surface area contributed by atoms with E-state index in [1.807, 2.05) is 23.1 Å². The summed E-state index contributed by atoms with van der Waals surface area (Å²) in [6.45, 7) is 1.46. The zero-order chi connectivity index (χ0) is 14.4. The number of carbonyl (C=O) groups excluding carboxylic acids is 1. The predicted molar refractivity (Wildman–Crippen MR) is 74.1 cm³/mol. The molecular formula is C15H20N2O3. The molecule has 0 saturated carbocycles. The molecule has 0 bridgehead atoms. The molecule has 1 N–H and O–H groups in total. The predicted octanol–water partition coefficient (Wildman–Crippen LogP) is 1.73. The van der Waals surface area contributed by atoms with Crippen LogP contribution in [0, 0.1) is 5.92 Å². The average Bonchev–Trinajstić information content (AvgIpc) is 2.92. The third-order valence-electron chi connectivity index (χ3n) is 3.73. The summed E-state index contributed by atoms with van der Waals surface area (Å²) >= 11 is 0. The van der Waals surface area contributed by atoms with E-state index in [0.29, 0.717) is 31.7 Å². The van der Waals surface area contributed by atoms with Gasteiger partial charge in [0.05, 0.1) is 0 Å². The standard InChI is InChI=1S/C15H20N2O3/c18-14(6-5-13-3-1-2-9-16-13)17-10-8-12(11-17)4-7-15(19)20/h1-3,9,12H,4-8,10-11H2,(H,19,20). The molecule has 2 heterocycles. The smallest absolute Gasteiger partial charge is 0.303 e. The van der Waals surface area contributed by atoms with E-state index in [0.717, 1.165) is 18.7 Å². The maximum Gasteiger partial charge on any atom is 0.303 e. The fourth-order valence-electron chi connectivity index (χ4n) is 2.56. The lowest BCUT2D eigenvalue weighted by molar-refractivity contribution is -0.137. The van der Waals surface area contributed by atoms with Crippen molar-refractivity contribution in [2.24, 2.45) is 5.92 Å². The number of amides is 1. The van der Waals surface area contributed by atoms with Crippen molar-refractivity contribution < 1.29 is 14.7 Å². The van der Waals surface area contributed by atoms with Crippen molar-refractivity contribution in [3.8, 4) is 0 Å². The Labute approximate surface area is 118 Å². The molecule has 0 aromatic carbocycles. The summed E-state index contributed by atoms with van der Waals surface area (Å²) in [6.07, 6.45) is 4.65. The summed E-state index contributed by atoms with van der Waals surface area (Å²) in [6, 6.07) is 5.70. The average molecular weight is 276 g/mol. The summed E-state index contributed by atoms with van der Waals surface area (Å²) in [7, 11) is 0. The van der Waals surface area contributed by atoms with Gasteiger partial charge in [-0.25, -0.2) is 0 Å². The third kappa shape index (κ3) is 4.33. The van der Waals surface area contributed by atoms with Crippen molar-refractivity contribution in [1.29, 1.82) is 0 Å². The second-order valence-corrected chi connectivity index (χ2v) is 5.25. The van der Waals surface area contributed by atoms with Crippen LogP contribution < -0.4 is 0 Å². The summed E-state index contributed by atoms with van der Waals surface area (Å²) in [5, 5.41) is 8.67. The van der Waals surface area contributed by atoms with Gasteiger partial charge in [-0.15, -0.1) is 0 Å². The lowest BCUT2D eigenvalue weighted by Gasteiger charge is -2.16. The second-order valence-electron chi connectivity index (χ2n) is 5.25. The Morgan fingerprint density at radius 2 is 2.20 bits per heavy atom. The lowest BCUT2D eigenvalue weighted by Crippen LogP contribution is -2.29. The van der Waals surface area contributed by atoms with Crippen LogP contribution >= 0.6 is 0 Å². The van der Waals surface area contributed by atoms with Gasteiger partial charge in [-0.2, -0.15) is 0 Å². The Bertz CT molecular complexity index is 461. The largest absolute Gasteiger partial charge is 0.481 e. The van der Waals surface area contributed by atoms with Gasteiger partial charge in [0.15, 0.2) is 0 Å². The van der Waals surface area contributed by atoms with Gasteiger partial charge in [0.1, 0.15) is 0 Å². The van der Waals surface area contributed by atoms with Crippen molar-refractivity contribution >= 4 is 11.9 Å². The van der Waals surface area contributed by atoms with Crippen molar-refractivity contribution in [1.82, 2.24) is 9.88 Å². The van der Waals surface area contributed by atoms with Gasteiger partial charge in [-0.05, 0) is 37.3 Å². The number of pyridine rings is 1. The van der Waals surface area contributed by atoms with E-state index in [4.69, 9.17) is 5.11 Å². The van der Waals surface area contributed by atoms with Crippen LogP contribution in [0.5, 0.6) is 0 Å². The zero-order valence-electron chi connectivity index (χ0n) is 11.5. The maximum absolute atomic E-state index is 12.1. The normalized spacial score (nSPS) is 18.2. The van der Waals surface area contributed by atoms with Crippen LogP contribution in [0.4, 0.5) is 0 Å². The van der Waals surface area contributed by atoms with Gasteiger partial charge >= 0.3 is 5.97 Å². The minimum atomic E-state index is -0.759. The van der Waals surface area contributed by atoms with Crippen LogP contribution in [-0.4, -0.2) is 40.0 Å². The highest BCUT2D eigenvalue weighted by atomic mass is 16.4. The molecule has 1 fully saturated rings. The van der Waals surface area contributed by atoms with Crippen LogP contribution in [0.3, 0.4) is 0 Å². The molecule has 1 unspecified atom stereocenters. The van der Waals surface area contributed by atoms with Crippen molar-refractivity contribution in [2.75, 3.05) is 13.1 Å². The number of carboxylic acids is 1. The number of aryl methyl sites for hydroxylation is 1. The molecule has 0 spiro atoms. The van der Waals surface area contributed by atoms with Gasteiger partial charge in [0.25, 0.3) is 0 Å². The first kappa shape index (κ1) is 14.5. The number of aromatic nitrogens is 1. The van der Waals surface area contributed by atoms with E-state index < -0.39 is 5.97 Å². The fraction of sp³-hybridized carbons (Fsp3) is 0.533. The fourth-order valence-corrected chi connectivity index (χ4v) is 2.56. The van der Waals surface area contributed by atoms with Crippen LogP contribution in [0.25, 0.3) is 0 Å². The Balaban J connectivity index is 1.73. The van der Waals surface area contributed by atoms with E-state index in [9.17, 15) is 9.59 Å². The Morgan fingerprint density at radius 1 is 1.35 bits per heavy atom. The van der Waals surface area contributed by atoms with Gasteiger partial charge in [0.2, 0.25) is 5.91 Å². The van der Waals surface area contributed by atoms with E-state index in [2.05, 4.69) is 4.98 Å². The molecule has 1 aliphatic heterocycles. The summed E-state index contributed by atoms with van der Waals surface area (Å²) < 4.78 is 0. The van der Waals surface area contributed by atoms with E-state index in [1.54, 1.807) is 6.20 Å². The van der Waals surface area contributed by atoms with Crippen LogP contribution in [0.15, 0.2) is 24.4 Å². The number of hydrogen-bond donors (Lipinski definition) is 1. The van der Waals surface area contributed by atoms with Gasteiger partial charge in [-0.1, -0.05) is 6.07 Å². The molecule has 5 heteroatoms. The molecule has 1 amide bonds. The molecule has 108 valence electrons. The molecule has 0 radical (unpaired) electrons. The van der Waals surface area contributed by atoms with Crippen LogP contribution in [0.2, 0.25) is 0 Å². The summed E-state index contributed by atoms with van der Waals surface area (Å²) in [4.78, 5) is 28.7. The molecule has 1 aliphatic rings. The van der Waals surface area contributed by atoms with Gasteiger partial charge < -0.3 is 10.0 Å². The van der Waals surface area contributed by atoms with Crippen LogP contribution in [0.1, 0.15) is 31.4 Å². The monoisotopic (exact) mass is 276 g/mol. The topological polar surface area (TPSA) is 70.5 Å².